The van der Waals surface area contributed by atoms with E-state index in [0.29, 0.717) is 22.3 Å². The maximum atomic E-state index is 9.76. The second-order valence-electron chi connectivity index (χ2n) is 3.61. The molecule has 6 nitrogen and oxygen atoms in total. The zero-order chi connectivity index (χ0) is 14.5. The quantitative estimate of drug-likeness (QED) is 0.670. The van der Waals surface area contributed by atoms with Gasteiger partial charge in [-0.3, -0.25) is 5.43 Å². The van der Waals surface area contributed by atoms with Gasteiger partial charge in [0, 0.05) is 23.0 Å². The fraction of sp³-hybridized carbons (Fsp3) is 0.0833. The fourth-order valence-electron chi connectivity index (χ4n) is 1.40. The number of rotatable bonds is 4. The van der Waals surface area contributed by atoms with Crippen LogP contribution >= 0.6 is 23.2 Å². The number of hydrazone groups is 1. The van der Waals surface area contributed by atoms with Gasteiger partial charge in [0.25, 0.3) is 5.88 Å². The first-order chi connectivity index (χ1) is 9.61. The number of phenolic OH excluding ortho intramolecular Hbond substituents is 1. The summed E-state index contributed by atoms with van der Waals surface area (Å²) in [6, 6.07) is 2.97. The number of halogens is 2. The van der Waals surface area contributed by atoms with Gasteiger partial charge in [-0.25, -0.2) is 9.97 Å². The molecule has 0 spiro atoms. The fourth-order valence-corrected chi connectivity index (χ4v) is 1.91. The molecule has 20 heavy (non-hydrogen) atoms. The summed E-state index contributed by atoms with van der Waals surface area (Å²) in [5, 5.41) is 14.2. The van der Waals surface area contributed by atoms with E-state index in [9.17, 15) is 5.11 Å². The Morgan fingerprint density at radius 2 is 2.05 bits per heavy atom. The number of aromatic hydroxyl groups is 1. The molecular formula is C12H10Cl2N4O2. The van der Waals surface area contributed by atoms with Crippen molar-refractivity contribution in [2.45, 2.75) is 0 Å². The van der Waals surface area contributed by atoms with Crippen LogP contribution in [0, 0.1) is 0 Å². The van der Waals surface area contributed by atoms with E-state index >= 15 is 0 Å². The van der Waals surface area contributed by atoms with Gasteiger partial charge in [0.2, 0.25) is 5.82 Å². The molecule has 0 fully saturated rings. The lowest BCUT2D eigenvalue weighted by molar-refractivity contribution is 0.398. The molecule has 8 heteroatoms. The molecule has 2 N–H and O–H groups in total. The van der Waals surface area contributed by atoms with Crippen molar-refractivity contribution in [2.75, 3.05) is 12.5 Å². The molecule has 0 saturated heterocycles. The number of nitrogens with zero attached hydrogens (tertiary/aromatic N) is 3. The Morgan fingerprint density at radius 1 is 1.30 bits per heavy atom. The molecule has 1 aromatic carbocycles. The van der Waals surface area contributed by atoms with Crippen LogP contribution in [-0.4, -0.2) is 28.4 Å². The third-order valence-corrected chi connectivity index (χ3v) is 2.80. The number of aromatic nitrogens is 2. The first kappa shape index (κ1) is 14.4. The summed E-state index contributed by atoms with van der Waals surface area (Å²) in [5.41, 5.74) is 3.03. The van der Waals surface area contributed by atoms with Crippen LogP contribution in [0.15, 0.2) is 29.6 Å². The Labute approximate surface area is 125 Å². The monoisotopic (exact) mass is 312 g/mol. The van der Waals surface area contributed by atoms with E-state index in [1.54, 1.807) is 0 Å². The van der Waals surface area contributed by atoms with Crippen molar-refractivity contribution in [3.05, 3.63) is 40.1 Å². The van der Waals surface area contributed by atoms with Crippen molar-refractivity contribution >= 4 is 35.2 Å². The number of methoxy groups -OCH3 is 1. The highest BCUT2D eigenvalue weighted by Gasteiger charge is 2.06. The average molecular weight is 313 g/mol. The molecule has 2 rings (SSSR count). The smallest absolute Gasteiger partial charge is 0.258 e. The number of nitrogens with one attached hydrogen (secondary N) is 1. The predicted molar refractivity (Wildman–Crippen MR) is 77.9 cm³/mol. The van der Waals surface area contributed by atoms with Crippen LogP contribution in [0.4, 0.5) is 5.82 Å². The maximum Gasteiger partial charge on any atom is 0.258 e. The van der Waals surface area contributed by atoms with Gasteiger partial charge in [-0.15, -0.1) is 0 Å². The van der Waals surface area contributed by atoms with Crippen molar-refractivity contribution in [1.29, 1.82) is 0 Å². The third kappa shape index (κ3) is 3.28. The molecule has 0 aliphatic carbocycles. The SMILES string of the molecule is COc1nccnc1NN=Cc1cc(Cl)cc(Cl)c1O. The Bertz CT molecular complexity index is 649. The molecular weight excluding hydrogens is 303 g/mol. The van der Waals surface area contributed by atoms with Crippen molar-refractivity contribution in [3.8, 4) is 11.6 Å². The molecule has 0 saturated carbocycles. The van der Waals surface area contributed by atoms with Gasteiger partial charge in [0.15, 0.2) is 0 Å². The maximum absolute atomic E-state index is 9.76. The second kappa shape index (κ2) is 6.40. The third-order valence-electron chi connectivity index (χ3n) is 2.29. The first-order valence-electron chi connectivity index (χ1n) is 5.44. The first-order valence-corrected chi connectivity index (χ1v) is 6.19. The molecule has 1 aromatic heterocycles. The molecule has 0 atom stereocenters. The highest BCUT2D eigenvalue weighted by molar-refractivity contribution is 6.36. The van der Waals surface area contributed by atoms with Gasteiger partial charge in [-0.05, 0) is 12.1 Å². The number of hydrogen-bond acceptors (Lipinski definition) is 6. The minimum absolute atomic E-state index is 0.104. The van der Waals surface area contributed by atoms with Gasteiger partial charge in [-0.2, -0.15) is 5.10 Å². The number of hydrogen-bond donors (Lipinski definition) is 2. The number of benzene rings is 1. The average Bonchev–Trinajstić information content (AvgIpc) is 2.44. The van der Waals surface area contributed by atoms with Crippen molar-refractivity contribution in [3.63, 3.8) is 0 Å². The molecule has 0 radical (unpaired) electrons. The summed E-state index contributed by atoms with van der Waals surface area (Å²) < 4.78 is 5.01. The van der Waals surface area contributed by atoms with E-state index < -0.39 is 0 Å². The van der Waals surface area contributed by atoms with E-state index in [1.807, 2.05) is 0 Å². The number of phenols is 1. The molecule has 0 unspecified atom stereocenters. The number of anilines is 1. The topological polar surface area (TPSA) is 79.6 Å². The molecule has 0 aliphatic heterocycles. The van der Waals surface area contributed by atoms with Crippen LogP contribution in [-0.2, 0) is 0 Å². The summed E-state index contributed by atoms with van der Waals surface area (Å²) in [4.78, 5) is 7.97. The summed E-state index contributed by atoms with van der Waals surface area (Å²) in [6.07, 6.45) is 4.35. The Balaban J connectivity index is 2.18. The van der Waals surface area contributed by atoms with Gasteiger partial charge in [0.05, 0.1) is 18.3 Å². The molecule has 0 aliphatic rings. The lowest BCUT2D eigenvalue weighted by atomic mass is 10.2. The predicted octanol–water partition coefficient (Wildman–Crippen LogP) is 2.94. The molecule has 104 valence electrons. The van der Waals surface area contributed by atoms with Crippen molar-refractivity contribution < 1.29 is 9.84 Å². The standard InChI is InChI=1S/C12H10Cl2N4O2/c1-20-12-11(15-2-3-16-12)18-17-6-7-4-8(13)5-9(14)10(7)19/h2-6,19H,1H3,(H,15,18). The van der Waals surface area contributed by atoms with Crippen molar-refractivity contribution in [2.24, 2.45) is 5.10 Å². The summed E-state index contributed by atoms with van der Waals surface area (Å²) in [7, 11) is 1.47. The zero-order valence-electron chi connectivity index (χ0n) is 10.3. The highest BCUT2D eigenvalue weighted by Crippen LogP contribution is 2.30. The highest BCUT2D eigenvalue weighted by atomic mass is 35.5. The molecule has 1 heterocycles. The zero-order valence-corrected chi connectivity index (χ0v) is 11.9. The van der Waals surface area contributed by atoms with Crippen LogP contribution in [0.5, 0.6) is 11.6 Å². The van der Waals surface area contributed by atoms with E-state index in [0.717, 1.165) is 0 Å². The number of ether oxygens (including phenoxy) is 1. The lowest BCUT2D eigenvalue weighted by Gasteiger charge is -2.05. The van der Waals surface area contributed by atoms with Crippen LogP contribution in [0.1, 0.15) is 5.56 Å². The van der Waals surface area contributed by atoms with Gasteiger partial charge >= 0.3 is 0 Å². The summed E-state index contributed by atoms with van der Waals surface area (Å²) in [6.45, 7) is 0. The molecule has 0 bridgehead atoms. The van der Waals surface area contributed by atoms with Crippen LogP contribution in [0.2, 0.25) is 10.0 Å². The normalized spacial score (nSPS) is 10.8. The largest absolute Gasteiger partial charge is 0.506 e. The molecule has 0 amide bonds. The van der Waals surface area contributed by atoms with Crippen molar-refractivity contribution in [1.82, 2.24) is 9.97 Å². The Morgan fingerprint density at radius 3 is 2.80 bits per heavy atom. The Kier molecular flexibility index (Phi) is 4.60. The van der Waals surface area contributed by atoms with Gasteiger partial charge in [0.1, 0.15) is 5.75 Å². The van der Waals surface area contributed by atoms with Crippen LogP contribution < -0.4 is 10.2 Å². The van der Waals surface area contributed by atoms with Gasteiger partial charge in [-0.1, -0.05) is 23.2 Å². The van der Waals surface area contributed by atoms with E-state index in [2.05, 4.69) is 20.5 Å². The van der Waals surface area contributed by atoms with E-state index in [4.69, 9.17) is 27.9 Å². The lowest BCUT2D eigenvalue weighted by Crippen LogP contribution is -1.99. The summed E-state index contributed by atoms with van der Waals surface area (Å²) >= 11 is 11.6. The minimum atomic E-state index is -0.104. The Hall–Kier alpha value is -2.05. The van der Waals surface area contributed by atoms with Crippen LogP contribution in [0.3, 0.4) is 0 Å². The second-order valence-corrected chi connectivity index (χ2v) is 4.45. The van der Waals surface area contributed by atoms with Crippen LogP contribution in [0.25, 0.3) is 0 Å². The minimum Gasteiger partial charge on any atom is -0.506 e. The molecule has 2 aromatic rings. The van der Waals surface area contributed by atoms with E-state index in [1.165, 1.54) is 37.9 Å². The van der Waals surface area contributed by atoms with E-state index in [-0.39, 0.29) is 10.8 Å². The van der Waals surface area contributed by atoms with Gasteiger partial charge < -0.3 is 9.84 Å². The summed E-state index contributed by atoms with van der Waals surface area (Å²) in [5.74, 6) is 0.546.